The molecule has 15 heavy (non-hydrogen) atoms. The minimum Gasteiger partial charge on any atom is -0.239 e. The van der Waals surface area contributed by atoms with E-state index < -0.39 is 0 Å². The van der Waals surface area contributed by atoms with Gasteiger partial charge in [-0.15, -0.1) is 11.6 Å². The van der Waals surface area contributed by atoms with Crippen molar-refractivity contribution in [3.05, 3.63) is 45.1 Å². The van der Waals surface area contributed by atoms with Crippen LogP contribution in [0, 0.1) is 0 Å². The van der Waals surface area contributed by atoms with Crippen molar-refractivity contribution in [2.24, 2.45) is 0 Å². The Morgan fingerprint density at radius 1 is 1.27 bits per heavy atom. The van der Waals surface area contributed by atoms with Crippen LogP contribution in [0.3, 0.4) is 0 Å². The van der Waals surface area contributed by atoms with Crippen molar-refractivity contribution < 1.29 is 0 Å². The number of halogens is 3. The zero-order valence-electron chi connectivity index (χ0n) is 7.62. The van der Waals surface area contributed by atoms with Gasteiger partial charge in [0.2, 0.25) is 0 Å². The maximum Gasteiger partial charge on any atom is 0.0690 e. The fraction of sp³-hybridized carbons (Fsp3) is 0.100. The molecule has 1 heterocycles. The standard InChI is InChI=1S/C10H7Br2ClN2/c11-8-1-2-10(7(3-8)4-13)15-6-9(12)5-14-15/h1-3,5-6H,4H2. The highest BCUT2D eigenvalue weighted by atomic mass is 79.9. The number of nitrogens with zero attached hydrogens (tertiary/aromatic N) is 2. The first-order chi connectivity index (χ1) is 7.20. The van der Waals surface area contributed by atoms with Crippen LogP contribution in [-0.2, 0) is 5.88 Å². The summed E-state index contributed by atoms with van der Waals surface area (Å²) in [6, 6.07) is 5.96. The fourth-order valence-corrected chi connectivity index (χ4v) is 2.23. The van der Waals surface area contributed by atoms with Crippen LogP contribution in [-0.4, -0.2) is 9.78 Å². The van der Waals surface area contributed by atoms with E-state index in [9.17, 15) is 0 Å². The predicted molar refractivity (Wildman–Crippen MR) is 68.5 cm³/mol. The van der Waals surface area contributed by atoms with Crippen molar-refractivity contribution in [1.29, 1.82) is 0 Å². The first-order valence-electron chi connectivity index (χ1n) is 4.25. The van der Waals surface area contributed by atoms with Gasteiger partial charge >= 0.3 is 0 Å². The lowest BCUT2D eigenvalue weighted by Gasteiger charge is -2.07. The summed E-state index contributed by atoms with van der Waals surface area (Å²) in [5.41, 5.74) is 2.04. The second-order valence-corrected chi connectivity index (χ2v) is 5.11. The maximum absolute atomic E-state index is 5.89. The van der Waals surface area contributed by atoms with Gasteiger partial charge in [-0.05, 0) is 39.7 Å². The zero-order valence-corrected chi connectivity index (χ0v) is 11.6. The second kappa shape index (κ2) is 4.68. The Morgan fingerprint density at radius 2 is 2.07 bits per heavy atom. The molecule has 1 aromatic carbocycles. The first kappa shape index (κ1) is 11.2. The molecule has 0 spiro atoms. The molecular weight excluding hydrogens is 343 g/mol. The molecule has 0 N–H and O–H groups in total. The molecule has 0 radical (unpaired) electrons. The molecule has 0 unspecified atom stereocenters. The molecule has 78 valence electrons. The third-order valence-electron chi connectivity index (χ3n) is 1.98. The van der Waals surface area contributed by atoms with E-state index in [2.05, 4.69) is 37.0 Å². The van der Waals surface area contributed by atoms with Crippen molar-refractivity contribution in [3.8, 4) is 5.69 Å². The number of rotatable bonds is 2. The molecular formula is C10H7Br2ClN2. The van der Waals surface area contributed by atoms with Crippen molar-refractivity contribution in [1.82, 2.24) is 9.78 Å². The van der Waals surface area contributed by atoms with Crippen LogP contribution in [0.5, 0.6) is 0 Å². The van der Waals surface area contributed by atoms with Crippen LogP contribution in [0.1, 0.15) is 5.56 Å². The van der Waals surface area contributed by atoms with E-state index in [-0.39, 0.29) is 0 Å². The quantitative estimate of drug-likeness (QED) is 0.745. The topological polar surface area (TPSA) is 17.8 Å². The van der Waals surface area contributed by atoms with Crippen LogP contribution >= 0.6 is 43.5 Å². The predicted octanol–water partition coefficient (Wildman–Crippen LogP) is 4.14. The summed E-state index contributed by atoms with van der Waals surface area (Å²) < 4.78 is 3.77. The van der Waals surface area contributed by atoms with Gasteiger partial charge in [0.1, 0.15) is 0 Å². The Hall–Kier alpha value is -0.320. The molecule has 2 nitrogen and oxygen atoms in total. The summed E-state index contributed by atoms with van der Waals surface area (Å²) in [6.07, 6.45) is 3.65. The number of hydrogen-bond acceptors (Lipinski definition) is 1. The number of alkyl halides is 1. The lowest BCUT2D eigenvalue weighted by Crippen LogP contribution is -1.98. The Morgan fingerprint density at radius 3 is 2.67 bits per heavy atom. The van der Waals surface area contributed by atoms with Gasteiger partial charge in [-0.2, -0.15) is 5.10 Å². The van der Waals surface area contributed by atoms with Crippen molar-refractivity contribution in [2.75, 3.05) is 0 Å². The van der Waals surface area contributed by atoms with Gasteiger partial charge in [-0.25, -0.2) is 4.68 Å². The van der Waals surface area contributed by atoms with Gasteiger partial charge in [0.05, 0.1) is 16.4 Å². The van der Waals surface area contributed by atoms with Crippen molar-refractivity contribution in [2.45, 2.75) is 5.88 Å². The molecule has 2 aromatic rings. The molecule has 0 saturated carbocycles. The fourth-order valence-electron chi connectivity index (χ4n) is 1.32. The third kappa shape index (κ3) is 2.44. The van der Waals surface area contributed by atoms with Crippen LogP contribution in [0.4, 0.5) is 0 Å². The second-order valence-electron chi connectivity index (χ2n) is 3.01. The maximum atomic E-state index is 5.89. The van der Waals surface area contributed by atoms with Crippen LogP contribution < -0.4 is 0 Å². The van der Waals surface area contributed by atoms with Crippen LogP contribution in [0.15, 0.2) is 39.5 Å². The zero-order chi connectivity index (χ0) is 10.8. The highest BCUT2D eigenvalue weighted by Gasteiger charge is 2.05. The van der Waals surface area contributed by atoms with Crippen molar-refractivity contribution in [3.63, 3.8) is 0 Å². The summed E-state index contributed by atoms with van der Waals surface area (Å²) in [7, 11) is 0. The Bertz CT molecular complexity index is 482. The SMILES string of the molecule is ClCc1cc(Br)ccc1-n1cc(Br)cn1. The normalized spacial score (nSPS) is 10.6. The Labute approximate surface area is 109 Å². The lowest BCUT2D eigenvalue weighted by atomic mass is 10.2. The number of benzene rings is 1. The number of aromatic nitrogens is 2. The molecule has 0 amide bonds. The Kier molecular flexibility index (Phi) is 3.49. The molecule has 0 fully saturated rings. The first-order valence-corrected chi connectivity index (χ1v) is 6.37. The average molecular weight is 350 g/mol. The molecule has 0 aliphatic heterocycles. The summed E-state index contributed by atoms with van der Waals surface area (Å²) >= 11 is 12.7. The van der Waals surface area contributed by atoms with Gasteiger partial charge in [-0.1, -0.05) is 15.9 Å². The minimum absolute atomic E-state index is 0.465. The van der Waals surface area contributed by atoms with E-state index in [1.165, 1.54) is 0 Å². The van der Waals surface area contributed by atoms with Gasteiger partial charge in [0.15, 0.2) is 0 Å². The van der Waals surface area contributed by atoms with Crippen LogP contribution in [0.25, 0.3) is 5.69 Å². The minimum atomic E-state index is 0.465. The molecule has 0 saturated heterocycles. The molecule has 0 atom stereocenters. The van der Waals surface area contributed by atoms with Crippen molar-refractivity contribution >= 4 is 43.5 Å². The van der Waals surface area contributed by atoms with Crippen LogP contribution in [0.2, 0.25) is 0 Å². The summed E-state index contributed by atoms with van der Waals surface area (Å²) in [5.74, 6) is 0.465. The van der Waals surface area contributed by atoms with E-state index in [1.807, 2.05) is 24.4 Å². The van der Waals surface area contributed by atoms with Gasteiger partial charge in [0, 0.05) is 16.5 Å². The third-order valence-corrected chi connectivity index (χ3v) is 3.17. The monoisotopic (exact) mass is 348 g/mol. The van der Waals surface area contributed by atoms with E-state index in [0.29, 0.717) is 5.88 Å². The molecule has 0 bridgehead atoms. The molecule has 0 aliphatic rings. The van der Waals surface area contributed by atoms with Gasteiger partial charge < -0.3 is 0 Å². The molecule has 5 heteroatoms. The smallest absolute Gasteiger partial charge is 0.0690 e. The van der Waals surface area contributed by atoms with E-state index in [4.69, 9.17) is 11.6 Å². The highest BCUT2D eigenvalue weighted by molar-refractivity contribution is 9.10. The van der Waals surface area contributed by atoms with E-state index in [1.54, 1.807) is 10.9 Å². The summed E-state index contributed by atoms with van der Waals surface area (Å²) in [4.78, 5) is 0. The summed E-state index contributed by atoms with van der Waals surface area (Å²) in [6.45, 7) is 0. The average Bonchev–Trinajstić information content (AvgIpc) is 2.64. The van der Waals surface area contributed by atoms with Gasteiger partial charge in [0.25, 0.3) is 0 Å². The van der Waals surface area contributed by atoms with E-state index >= 15 is 0 Å². The Balaban J connectivity index is 2.52. The highest BCUT2D eigenvalue weighted by Crippen LogP contribution is 2.22. The van der Waals surface area contributed by atoms with E-state index in [0.717, 1.165) is 20.2 Å². The number of hydrogen-bond donors (Lipinski definition) is 0. The van der Waals surface area contributed by atoms with Gasteiger partial charge in [-0.3, -0.25) is 0 Å². The molecule has 1 aromatic heterocycles. The molecule has 2 rings (SSSR count). The lowest BCUT2D eigenvalue weighted by molar-refractivity contribution is 0.870. The summed E-state index contributed by atoms with van der Waals surface area (Å²) in [5, 5.41) is 4.22. The largest absolute Gasteiger partial charge is 0.239 e. The molecule has 0 aliphatic carbocycles.